The van der Waals surface area contributed by atoms with Crippen LogP contribution >= 0.6 is 15.9 Å². The van der Waals surface area contributed by atoms with Crippen LogP contribution in [0.5, 0.6) is 11.5 Å². The Morgan fingerprint density at radius 2 is 2.00 bits per heavy atom. The molecule has 1 aromatic rings. The lowest BCUT2D eigenvalue weighted by Gasteiger charge is -2.08. The van der Waals surface area contributed by atoms with E-state index in [2.05, 4.69) is 21.2 Å². The van der Waals surface area contributed by atoms with E-state index in [1.54, 1.807) is 0 Å². The number of hydrogen-bond donors (Lipinski definition) is 2. The van der Waals surface area contributed by atoms with Crippen LogP contribution in [0.2, 0.25) is 0 Å². The summed E-state index contributed by atoms with van der Waals surface area (Å²) < 4.78 is 33.0. The van der Waals surface area contributed by atoms with Crippen LogP contribution < -0.4 is 19.9 Å². The van der Waals surface area contributed by atoms with Crippen LogP contribution in [-0.2, 0) is 16.6 Å². The minimum Gasteiger partial charge on any atom is -0.454 e. The van der Waals surface area contributed by atoms with E-state index in [-0.39, 0.29) is 12.5 Å². The largest absolute Gasteiger partial charge is 0.454 e. The van der Waals surface area contributed by atoms with Crippen molar-refractivity contribution in [3.05, 3.63) is 22.2 Å². The number of halogens is 1. The van der Waals surface area contributed by atoms with Gasteiger partial charge in [0.1, 0.15) is 0 Å². The number of nitrogens with one attached hydrogen (secondary N) is 1. The third-order valence-electron chi connectivity index (χ3n) is 2.64. The molecule has 19 heavy (non-hydrogen) atoms. The lowest BCUT2D eigenvalue weighted by molar-refractivity contribution is 0.174. The summed E-state index contributed by atoms with van der Waals surface area (Å²) in [5, 5.41) is 8.08. The van der Waals surface area contributed by atoms with Gasteiger partial charge in [0.15, 0.2) is 11.5 Å². The van der Waals surface area contributed by atoms with Crippen molar-refractivity contribution in [2.24, 2.45) is 5.14 Å². The van der Waals surface area contributed by atoms with Crippen molar-refractivity contribution in [1.82, 2.24) is 5.32 Å². The monoisotopic (exact) mass is 350 g/mol. The average Bonchev–Trinajstić information content (AvgIpc) is 2.74. The van der Waals surface area contributed by atoms with Crippen molar-refractivity contribution in [2.45, 2.75) is 13.0 Å². The molecule has 0 radical (unpaired) electrons. The van der Waals surface area contributed by atoms with Gasteiger partial charge in [-0.1, -0.05) is 15.9 Å². The minimum absolute atomic E-state index is 0.0116. The number of hydrogen-bond acceptors (Lipinski definition) is 5. The quantitative estimate of drug-likeness (QED) is 0.745. The Kier molecular flexibility index (Phi) is 4.67. The smallest absolute Gasteiger partial charge is 0.231 e. The van der Waals surface area contributed by atoms with Gasteiger partial charge in [-0.3, -0.25) is 0 Å². The zero-order valence-electron chi connectivity index (χ0n) is 10.2. The summed E-state index contributed by atoms with van der Waals surface area (Å²) in [6, 6.07) is 3.77. The molecule has 1 heterocycles. The molecule has 8 heteroatoms. The maximum Gasteiger partial charge on any atom is 0.231 e. The normalized spacial score (nSPS) is 13.8. The van der Waals surface area contributed by atoms with Crippen LogP contribution in [0.15, 0.2) is 16.6 Å². The van der Waals surface area contributed by atoms with Gasteiger partial charge >= 0.3 is 0 Å². The van der Waals surface area contributed by atoms with Gasteiger partial charge in [-0.05, 0) is 30.7 Å². The highest BCUT2D eigenvalue weighted by Gasteiger charge is 2.15. The Morgan fingerprint density at radius 1 is 1.32 bits per heavy atom. The van der Waals surface area contributed by atoms with E-state index >= 15 is 0 Å². The highest BCUT2D eigenvalue weighted by molar-refractivity contribution is 9.10. The number of ether oxygens (including phenoxy) is 2. The third kappa shape index (κ3) is 4.34. The van der Waals surface area contributed by atoms with Gasteiger partial charge in [-0.2, -0.15) is 0 Å². The average molecular weight is 351 g/mol. The van der Waals surface area contributed by atoms with Crippen LogP contribution in [0.4, 0.5) is 0 Å². The second kappa shape index (κ2) is 6.08. The molecule has 1 aliphatic rings. The summed E-state index contributed by atoms with van der Waals surface area (Å²) in [6.45, 7) is 1.44. The van der Waals surface area contributed by atoms with Crippen LogP contribution in [0.3, 0.4) is 0 Å². The molecule has 1 aliphatic heterocycles. The van der Waals surface area contributed by atoms with Crippen molar-refractivity contribution in [3.63, 3.8) is 0 Å². The lowest BCUT2D eigenvalue weighted by atomic mass is 10.2. The van der Waals surface area contributed by atoms with E-state index in [0.717, 1.165) is 21.5 Å². The van der Waals surface area contributed by atoms with Crippen LogP contribution in [0, 0.1) is 0 Å². The highest BCUT2D eigenvalue weighted by Crippen LogP contribution is 2.36. The fourth-order valence-electron chi connectivity index (χ4n) is 1.72. The number of rotatable bonds is 6. The standard InChI is InChI=1S/C11H15BrN2O4S/c12-9-5-11-10(17-7-18-11)4-8(9)6-14-2-1-3-19(13,15)16/h4-5,14H,1-3,6-7H2,(H2,13,15,16). The molecule has 3 N–H and O–H groups in total. The molecule has 0 saturated heterocycles. The summed E-state index contributed by atoms with van der Waals surface area (Å²) in [5.74, 6) is 1.44. The van der Waals surface area contributed by atoms with Gasteiger partial charge in [0, 0.05) is 11.0 Å². The minimum atomic E-state index is -3.37. The van der Waals surface area contributed by atoms with Crippen LogP contribution in [0.1, 0.15) is 12.0 Å². The molecule has 0 unspecified atom stereocenters. The molecule has 106 valence electrons. The van der Waals surface area contributed by atoms with Crippen molar-refractivity contribution in [2.75, 3.05) is 19.1 Å². The van der Waals surface area contributed by atoms with Gasteiger partial charge in [0.25, 0.3) is 0 Å². The molecule has 0 spiro atoms. The summed E-state index contributed by atoms with van der Waals surface area (Å²) in [5.41, 5.74) is 1.03. The molecule has 0 amide bonds. The molecule has 0 aromatic heterocycles. The summed E-state index contributed by atoms with van der Waals surface area (Å²) >= 11 is 3.46. The van der Waals surface area contributed by atoms with Crippen LogP contribution in [0.25, 0.3) is 0 Å². The predicted octanol–water partition coefficient (Wildman–Crippen LogP) is 0.946. The summed E-state index contributed by atoms with van der Waals surface area (Å²) in [6.07, 6.45) is 0.487. The first kappa shape index (κ1) is 14.6. The number of primary sulfonamides is 1. The van der Waals surface area contributed by atoms with Crippen molar-refractivity contribution in [3.8, 4) is 11.5 Å². The fourth-order valence-corrected chi connectivity index (χ4v) is 2.73. The highest BCUT2D eigenvalue weighted by atomic mass is 79.9. The molecular formula is C11H15BrN2O4S. The van der Waals surface area contributed by atoms with E-state index < -0.39 is 10.0 Å². The van der Waals surface area contributed by atoms with E-state index in [1.165, 1.54) is 0 Å². The molecule has 2 rings (SSSR count). The van der Waals surface area contributed by atoms with Gasteiger partial charge in [-0.15, -0.1) is 0 Å². The topological polar surface area (TPSA) is 90.7 Å². The first-order valence-electron chi connectivity index (χ1n) is 5.75. The van der Waals surface area contributed by atoms with Gasteiger partial charge in [-0.25, -0.2) is 13.6 Å². The first-order chi connectivity index (χ1) is 8.96. The van der Waals surface area contributed by atoms with E-state index in [1.807, 2.05) is 12.1 Å². The number of benzene rings is 1. The van der Waals surface area contributed by atoms with Gasteiger partial charge < -0.3 is 14.8 Å². The molecule has 0 saturated carbocycles. The van der Waals surface area contributed by atoms with Crippen molar-refractivity contribution >= 4 is 26.0 Å². The first-order valence-corrected chi connectivity index (χ1v) is 8.26. The Bertz CT molecular complexity index is 562. The third-order valence-corrected chi connectivity index (χ3v) is 4.24. The second-order valence-electron chi connectivity index (χ2n) is 4.19. The predicted molar refractivity (Wildman–Crippen MR) is 74.6 cm³/mol. The van der Waals surface area contributed by atoms with Crippen LogP contribution in [-0.4, -0.2) is 27.5 Å². The SMILES string of the molecule is NS(=O)(=O)CCCNCc1cc2c(cc1Br)OCO2. The lowest BCUT2D eigenvalue weighted by Crippen LogP contribution is -2.22. The second-order valence-corrected chi connectivity index (χ2v) is 6.78. The Balaban J connectivity index is 1.83. The Morgan fingerprint density at radius 3 is 2.68 bits per heavy atom. The van der Waals surface area contributed by atoms with Gasteiger partial charge in [0.05, 0.1) is 5.75 Å². The number of fused-ring (bicyclic) bond motifs is 1. The summed E-state index contributed by atoms with van der Waals surface area (Å²) in [7, 11) is -3.37. The maximum atomic E-state index is 10.8. The fraction of sp³-hybridized carbons (Fsp3) is 0.455. The zero-order chi connectivity index (χ0) is 13.9. The number of sulfonamides is 1. The molecular weight excluding hydrogens is 336 g/mol. The Labute approximate surface area is 120 Å². The van der Waals surface area contributed by atoms with Crippen molar-refractivity contribution < 1.29 is 17.9 Å². The maximum absolute atomic E-state index is 10.8. The Hall–Kier alpha value is -0.830. The molecule has 6 nitrogen and oxygen atoms in total. The number of nitrogens with two attached hydrogens (primary N) is 1. The van der Waals surface area contributed by atoms with Gasteiger partial charge in [0.2, 0.25) is 16.8 Å². The zero-order valence-corrected chi connectivity index (χ0v) is 12.6. The van der Waals surface area contributed by atoms with E-state index in [4.69, 9.17) is 14.6 Å². The van der Waals surface area contributed by atoms with E-state index in [9.17, 15) is 8.42 Å². The van der Waals surface area contributed by atoms with Crippen molar-refractivity contribution in [1.29, 1.82) is 0 Å². The molecule has 0 fully saturated rings. The molecule has 0 aliphatic carbocycles. The molecule has 1 aromatic carbocycles. The summed E-state index contributed by atoms with van der Waals surface area (Å²) in [4.78, 5) is 0. The molecule has 0 bridgehead atoms. The van der Waals surface area contributed by atoms with E-state index in [0.29, 0.717) is 19.5 Å². The molecule has 0 atom stereocenters.